The highest BCUT2D eigenvalue weighted by molar-refractivity contribution is 9.10. The highest BCUT2D eigenvalue weighted by Gasteiger charge is 2.23. The monoisotopic (exact) mass is 269 g/mol. The Morgan fingerprint density at radius 1 is 1.40 bits per heavy atom. The second kappa shape index (κ2) is 4.14. The van der Waals surface area contributed by atoms with Crippen molar-refractivity contribution in [2.45, 2.75) is 26.2 Å². The van der Waals surface area contributed by atoms with Gasteiger partial charge in [-0.2, -0.15) is 0 Å². The summed E-state index contributed by atoms with van der Waals surface area (Å²) >= 11 is 3.44. The van der Waals surface area contributed by atoms with Gasteiger partial charge in [-0.25, -0.2) is 0 Å². The van der Waals surface area contributed by atoms with Crippen molar-refractivity contribution in [2.75, 3.05) is 13.1 Å². The molecule has 1 unspecified atom stereocenters. The van der Waals surface area contributed by atoms with Gasteiger partial charge in [0.1, 0.15) is 5.75 Å². The first-order valence-corrected chi connectivity index (χ1v) is 6.10. The summed E-state index contributed by atoms with van der Waals surface area (Å²) in [6.45, 7) is 6.11. The van der Waals surface area contributed by atoms with Crippen molar-refractivity contribution in [1.82, 2.24) is 5.32 Å². The lowest BCUT2D eigenvalue weighted by molar-refractivity contribution is 0.458. The molecule has 1 atom stereocenters. The number of halogens is 1. The van der Waals surface area contributed by atoms with Crippen molar-refractivity contribution < 1.29 is 5.11 Å². The Labute approximate surface area is 98.8 Å². The Hall–Kier alpha value is -0.540. The highest BCUT2D eigenvalue weighted by atomic mass is 79.9. The van der Waals surface area contributed by atoms with Crippen LogP contribution in [-0.2, 0) is 0 Å². The van der Waals surface area contributed by atoms with Gasteiger partial charge in [-0.1, -0.05) is 6.07 Å². The first-order chi connectivity index (χ1) is 7.11. The molecule has 0 spiro atoms. The number of benzene rings is 1. The van der Waals surface area contributed by atoms with Crippen molar-refractivity contribution in [2.24, 2.45) is 0 Å². The molecule has 1 aromatic rings. The van der Waals surface area contributed by atoms with Crippen LogP contribution in [0.1, 0.15) is 29.0 Å². The van der Waals surface area contributed by atoms with E-state index in [0.29, 0.717) is 11.7 Å². The number of phenols is 1. The predicted octanol–water partition coefficient (Wildman–Crippen LogP) is 2.85. The normalized spacial score (nSPS) is 20.9. The standard InChI is InChI=1S/C12H16BrNO/c1-7-5-8(2)11(13)12(15)10(7)9-3-4-14-6-9/h5,9,14-15H,3-4,6H2,1-2H3. The average molecular weight is 270 g/mol. The van der Waals surface area contributed by atoms with Crippen LogP contribution in [0.4, 0.5) is 0 Å². The van der Waals surface area contributed by atoms with E-state index in [1.54, 1.807) is 0 Å². The van der Waals surface area contributed by atoms with E-state index >= 15 is 0 Å². The van der Waals surface area contributed by atoms with Crippen LogP contribution in [0.25, 0.3) is 0 Å². The van der Waals surface area contributed by atoms with E-state index in [1.807, 2.05) is 6.92 Å². The van der Waals surface area contributed by atoms with E-state index < -0.39 is 0 Å². The van der Waals surface area contributed by atoms with Gasteiger partial charge in [0.2, 0.25) is 0 Å². The van der Waals surface area contributed by atoms with E-state index in [1.165, 1.54) is 5.56 Å². The van der Waals surface area contributed by atoms with Crippen molar-refractivity contribution in [3.05, 3.63) is 27.2 Å². The number of aromatic hydroxyl groups is 1. The Balaban J connectivity index is 2.50. The Morgan fingerprint density at radius 3 is 2.73 bits per heavy atom. The molecule has 2 nitrogen and oxygen atoms in total. The van der Waals surface area contributed by atoms with Gasteiger partial charge >= 0.3 is 0 Å². The van der Waals surface area contributed by atoms with Crippen LogP contribution in [0.2, 0.25) is 0 Å². The first kappa shape index (κ1) is 11.0. The van der Waals surface area contributed by atoms with E-state index in [9.17, 15) is 5.11 Å². The van der Waals surface area contributed by atoms with E-state index in [2.05, 4.69) is 34.2 Å². The summed E-state index contributed by atoms with van der Waals surface area (Å²) in [5.41, 5.74) is 3.40. The number of rotatable bonds is 1. The van der Waals surface area contributed by atoms with Gasteiger partial charge in [0.05, 0.1) is 4.47 Å². The smallest absolute Gasteiger partial charge is 0.133 e. The SMILES string of the molecule is Cc1cc(C)c(C2CCNC2)c(O)c1Br. The zero-order chi connectivity index (χ0) is 11.0. The van der Waals surface area contributed by atoms with Crippen molar-refractivity contribution >= 4 is 15.9 Å². The van der Waals surface area contributed by atoms with Crippen molar-refractivity contribution in [3.63, 3.8) is 0 Å². The predicted molar refractivity (Wildman–Crippen MR) is 65.5 cm³/mol. The topological polar surface area (TPSA) is 32.3 Å². The van der Waals surface area contributed by atoms with Gasteiger partial charge in [0.15, 0.2) is 0 Å². The number of hydrogen-bond donors (Lipinski definition) is 2. The summed E-state index contributed by atoms with van der Waals surface area (Å²) in [7, 11) is 0. The maximum atomic E-state index is 10.1. The van der Waals surface area contributed by atoms with Gasteiger partial charge in [-0.3, -0.25) is 0 Å². The average Bonchev–Trinajstić information content (AvgIpc) is 2.68. The van der Waals surface area contributed by atoms with Gasteiger partial charge in [-0.15, -0.1) is 0 Å². The summed E-state index contributed by atoms with van der Waals surface area (Å²) in [5, 5.41) is 13.5. The molecule has 1 aromatic carbocycles. The summed E-state index contributed by atoms with van der Waals surface area (Å²) < 4.78 is 0.843. The highest BCUT2D eigenvalue weighted by Crippen LogP contribution is 2.39. The second-order valence-electron chi connectivity index (χ2n) is 4.28. The molecule has 2 N–H and O–H groups in total. The molecule has 0 radical (unpaired) electrons. The molecule has 3 heteroatoms. The van der Waals surface area contributed by atoms with E-state index in [4.69, 9.17) is 0 Å². The quantitative estimate of drug-likeness (QED) is 0.822. The van der Waals surface area contributed by atoms with Crippen LogP contribution in [0.5, 0.6) is 5.75 Å². The maximum absolute atomic E-state index is 10.1. The molecule has 0 bridgehead atoms. The van der Waals surface area contributed by atoms with Crippen LogP contribution < -0.4 is 5.32 Å². The van der Waals surface area contributed by atoms with E-state index in [-0.39, 0.29) is 0 Å². The number of nitrogens with one attached hydrogen (secondary N) is 1. The van der Waals surface area contributed by atoms with E-state index in [0.717, 1.165) is 35.1 Å². The Morgan fingerprint density at radius 2 is 2.13 bits per heavy atom. The molecule has 1 aliphatic rings. The molecule has 0 saturated carbocycles. The molecule has 82 valence electrons. The van der Waals surface area contributed by atoms with Gasteiger partial charge in [0, 0.05) is 18.0 Å². The minimum atomic E-state index is 0.432. The summed E-state index contributed by atoms with van der Waals surface area (Å²) in [5.74, 6) is 0.892. The van der Waals surface area contributed by atoms with Crippen molar-refractivity contribution in [1.29, 1.82) is 0 Å². The number of hydrogen-bond acceptors (Lipinski definition) is 2. The summed E-state index contributed by atoms with van der Waals surface area (Å²) in [4.78, 5) is 0. The molecule has 2 rings (SSSR count). The molecule has 1 fully saturated rings. The fourth-order valence-corrected chi connectivity index (χ4v) is 2.70. The molecule has 0 aromatic heterocycles. The van der Waals surface area contributed by atoms with Crippen LogP contribution >= 0.6 is 15.9 Å². The molecule has 0 amide bonds. The lowest BCUT2D eigenvalue weighted by Gasteiger charge is -2.17. The largest absolute Gasteiger partial charge is 0.506 e. The minimum Gasteiger partial charge on any atom is -0.506 e. The number of aryl methyl sites for hydroxylation is 2. The van der Waals surface area contributed by atoms with Crippen LogP contribution in [0, 0.1) is 13.8 Å². The number of phenolic OH excluding ortho intramolecular Hbond substituents is 1. The Kier molecular flexibility index (Phi) is 3.03. The van der Waals surface area contributed by atoms with Gasteiger partial charge < -0.3 is 10.4 Å². The van der Waals surface area contributed by atoms with Crippen LogP contribution in [0.15, 0.2) is 10.5 Å². The third kappa shape index (κ3) is 1.91. The zero-order valence-corrected chi connectivity index (χ0v) is 10.7. The zero-order valence-electron chi connectivity index (χ0n) is 9.10. The molecule has 1 saturated heterocycles. The maximum Gasteiger partial charge on any atom is 0.133 e. The fraction of sp³-hybridized carbons (Fsp3) is 0.500. The molecular formula is C12H16BrNO. The molecule has 1 heterocycles. The second-order valence-corrected chi connectivity index (χ2v) is 5.07. The van der Waals surface area contributed by atoms with Crippen LogP contribution in [0.3, 0.4) is 0 Å². The third-order valence-electron chi connectivity index (χ3n) is 3.14. The summed E-state index contributed by atoms with van der Waals surface area (Å²) in [6, 6.07) is 2.14. The molecular weight excluding hydrogens is 254 g/mol. The van der Waals surface area contributed by atoms with Gasteiger partial charge in [0.25, 0.3) is 0 Å². The lowest BCUT2D eigenvalue weighted by atomic mass is 9.92. The van der Waals surface area contributed by atoms with Gasteiger partial charge in [-0.05, 0) is 53.9 Å². The fourth-order valence-electron chi connectivity index (χ4n) is 2.37. The van der Waals surface area contributed by atoms with Crippen LogP contribution in [-0.4, -0.2) is 18.2 Å². The minimum absolute atomic E-state index is 0.432. The van der Waals surface area contributed by atoms with Crippen molar-refractivity contribution in [3.8, 4) is 5.75 Å². The first-order valence-electron chi connectivity index (χ1n) is 5.30. The Bertz CT molecular complexity index is 384. The molecule has 0 aliphatic carbocycles. The molecule has 15 heavy (non-hydrogen) atoms. The summed E-state index contributed by atoms with van der Waals surface area (Å²) in [6.07, 6.45) is 1.11. The third-order valence-corrected chi connectivity index (χ3v) is 4.14. The lowest BCUT2D eigenvalue weighted by Crippen LogP contribution is -2.09. The molecule has 1 aliphatic heterocycles.